The fourth-order valence-corrected chi connectivity index (χ4v) is 1.84. The molecule has 1 rings (SSSR count). The monoisotopic (exact) mass is 233 g/mol. The van der Waals surface area contributed by atoms with Crippen LogP contribution in [0.25, 0.3) is 0 Å². The van der Waals surface area contributed by atoms with Crippen molar-refractivity contribution < 1.29 is 18.7 Å². The van der Waals surface area contributed by atoms with E-state index in [4.69, 9.17) is 9.47 Å². The van der Waals surface area contributed by atoms with Gasteiger partial charge < -0.3 is 9.47 Å². The zero-order valence-electron chi connectivity index (χ0n) is 10.5. The molecule has 0 aromatic carbocycles. The van der Waals surface area contributed by atoms with Gasteiger partial charge in [-0.2, -0.15) is 0 Å². The van der Waals surface area contributed by atoms with Crippen molar-refractivity contribution in [2.24, 2.45) is 0 Å². The first-order valence-electron chi connectivity index (χ1n) is 5.44. The number of hydrogen-bond acceptors (Lipinski definition) is 3. The van der Waals surface area contributed by atoms with Crippen molar-refractivity contribution >= 4 is 6.09 Å². The summed E-state index contributed by atoms with van der Waals surface area (Å²) in [5.74, 6) is 0. The molecule has 0 N–H and O–H groups in total. The number of nitrogens with zero attached hydrogens (tertiary/aromatic N) is 1. The van der Waals surface area contributed by atoms with E-state index in [0.717, 1.165) is 0 Å². The summed E-state index contributed by atoms with van der Waals surface area (Å²) in [6.07, 6.45) is -2.21. The quantitative estimate of drug-likeness (QED) is 0.697. The van der Waals surface area contributed by atoms with Crippen LogP contribution in [0.3, 0.4) is 0 Å². The van der Waals surface area contributed by atoms with Crippen molar-refractivity contribution in [3.05, 3.63) is 0 Å². The average molecular weight is 233 g/mol. The number of carbonyl (C=O) groups excluding carboxylic acids is 1. The van der Waals surface area contributed by atoms with Crippen molar-refractivity contribution in [1.82, 2.24) is 4.90 Å². The molecule has 0 aromatic rings. The van der Waals surface area contributed by atoms with Crippen molar-refractivity contribution in [2.75, 3.05) is 7.11 Å². The minimum atomic E-state index is -1.15. The van der Waals surface area contributed by atoms with Crippen LogP contribution in [0.15, 0.2) is 0 Å². The van der Waals surface area contributed by atoms with Crippen LogP contribution in [0, 0.1) is 0 Å². The maximum Gasteiger partial charge on any atom is 0.412 e. The molecule has 0 saturated carbocycles. The smallest absolute Gasteiger partial charge is 0.412 e. The predicted molar refractivity (Wildman–Crippen MR) is 57.8 cm³/mol. The van der Waals surface area contributed by atoms with Gasteiger partial charge >= 0.3 is 6.09 Å². The Hall–Kier alpha value is -0.840. The fraction of sp³-hybridized carbons (Fsp3) is 0.909. The second-order valence-electron chi connectivity index (χ2n) is 5.11. The zero-order chi connectivity index (χ0) is 12.5. The van der Waals surface area contributed by atoms with Crippen LogP contribution in [0.4, 0.5) is 9.18 Å². The van der Waals surface area contributed by atoms with Crippen LogP contribution in [-0.4, -0.2) is 42.1 Å². The molecule has 1 aliphatic rings. The second-order valence-corrected chi connectivity index (χ2v) is 5.11. The van der Waals surface area contributed by atoms with Gasteiger partial charge in [-0.25, -0.2) is 9.18 Å². The van der Waals surface area contributed by atoms with E-state index in [2.05, 4.69) is 0 Å². The van der Waals surface area contributed by atoms with Crippen molar-refractivity contribution in [1.29, 1.82) is 0 Å². The molecule has 0 spiro atoms. The van der Waals surface area contributed by atoms with E-state index in [-0.39, 0.29) is 12.5 Å². The lowest BCUT2D eigenvalue weighted by molar-refractivity contribution is -0.0590. The number of carbonyl (C=O) groups is 1. The Morgan fingerprint density at radius 2 is 2.00 bits per heavy atom. The molecule has 1 fully saturated rings. The number of amides is 1. The van der Waals surface area contributed by atoms with E-state index in [1.807, 2.05) is 0 Å². The fourth-order valence-electron chi connectivity index (χ4n) is 1.84. The molecule has 4 nitrogen and oxygen atoms in total. The van der Waals surface area contributed by atoms with Crippen LogP contribution < -0.4 is 0 Å². The van der Waals surface area contributed by atoms with E-state index in [1.54, 1.807) is 27.7 Å². The van der Waals surface area contributed by atoms with Gasteiger partial charge in [0.1, 0.15) is 11.8 Å². The first-order valence-corrected chi connectivity index (χ1v) is 5.44. The van der Waals surface area contributed by atoms with Gasteiger partial charge in [0, 0.05) is 19.6 Å². The Morgan fingerprint density at radius 1 is 1.44 bits per heavy atom. The Bertz CT molecular complexity index is 264. The third-order valence-electron chi connectivity index (χ3n) is 2.47. The van der Waals surface area contributed by atoms with Crippen LogP contribution >= 0.6 is 0 Å². The highest BCUT2D eigenvalue weighted by atomic mass is 19.1. The number of likely N-dealkylation sites (tertiary alicyclic amines) is 1. The first-order chi connectivity index (χ1) is 7.26. The summed E-state index contributed by atoms with van der Waals surface area (Å²) in [6, 6.07) is -0.199. The minimum absolute atomic E-state index is 0.199. The Kier molecular flexibility index (Phi) is 3.78. The number of ether oxygens (including phenoxy) is 2. The van der Waals surface area contributed by atoms with E-state index >= 15 is 0 Å². The highest BCUT2D eigenvalue weighted by Gasteiger charge is 2.44. The van der Waals surface area contributed by atoms with E-state index in [1.165, 1.54) is 12.0 Å². The summed E-state index contributed by atoms with van der Waals surface area (Å²) < 4.78 is 23.7. The molecule has 1 unspecified atom stereocenters. The lowest BCUT2D eigenvalue weighted by atomic mass is 10.2. The van der Waals surface area contributed by atoms with Gasteiger partial charge in [0.25, 0.3) is 0 Å². The second kappa shape index (κ2) is 4.57. The van der Waals surface area contributed by atoms with Crippen LogP contribution in [0.1, 0.15) is 34.1 Å². The average Bonchev–Trinajstić information content (AvgIpc) is 2.37. The standard InChI is InChI=1S/C11H20FNO3/c1-7-6-8(12)9(15-5)13(7)10(14)16-11(2,3)4/h7-9H,6H2,1-5H3/t7-,8+,9?/m1/s1. The van der Waals surface area contributed by atoms with Crippen molar-refractivity contribution in [3.8, 4) is 0 Å². The molecule has 0 radical (unpaired) electrons. The number of hydrogen-bond donors (Lipinski definition) is 0. The maximum atomic E-state index is 13.5. The van der Waals surface area contributed by atoms with Crippen molar-refractivity contribution in [2.45, 2.75) is 58.2 Å². The van der Waals surface area contributed by atoms with Gasteiger partial charge in [0.05, 0.1) is 0 Å². The summed E-state index contributed by atoms with van der Waals surface area (Å²) in [5.41, 5.74) is -0.580. The topological polar surface area (TPSA) is 38.8 Å². The summed E-state index contributed by atoms with van der Waals surface area (Å²) in [6.45, 7) is 7.12. The van der Waals surface area contributed by atoms with Gasteiger partial charge in [-0.05, 0) is 27.7 Å². The summed E-state index contributed by atoms with van der Waals surface area (Å²) >= 11 is 0. The zero-order valence-corrected chi connectivity index (χ0v) is 10.5. The third-order valence-corrected chi connectivity index (χ3v) is 2.47. The number of rotatable bonds is 1. The minimum Gasteiger partial charge on any atom is -0.444 e. The molecule has 0 aliphatic carbocycles. The lowest BCUT2D eigenvalue weighted by Crippen LogP contribution is -2.45. The molecule has 16 heavy (non-hydrogen) atoms. The van der Waals surface area contributed by atoms with E-state index in [9.17, 15) is 9.18 Å². The largest absolute Gasteiger partial charge is 0.444 e. The van der Waals surface area contributed by atoms with Gasteiger partial charge in [0.15, 0.2) is 6.23 Å². The number of halogens is 1. The summed E-state index contributed by atoms with van der Waals surface area (Å²) in [7, 11) is 1.40. The SMILES string of the molecule is COC1[C@@H](F)C[C@@H](C)N1C(=O)OC(C)(C)C. The molecule has 1 amide bonds. The van der Waals surface area contributed by atoms with Gasteiger partial charge in [-0.3, -0.25) is 4.90 Å². The molecule has 0 bridgehead atoms. The summed E-state index contributed by atoms with van der Waals surface area (Å²) in [4.78, 5) is 13.2. The number of methoxy groups -OCH3 is 1. The summed E-state index contributed by atoms with van der Waals surface area (Å²) in [5, 5.41) is 0. The number of alkyl halides is 1. The molecule has 0 aromatic heterocycles. The van der Waals surface area contributed by atoms with Crippen molar-refractivity contribution in [3.63, 3.8) is 0 Å². The van der Waals surface area contributed by atoms with Crippen LogP contribution in [-0.2, 0) is 9.47 Å². The van der Waals surface area contributed by atoms with Crippen LogP contribution in [0.5, 0.6) is 0 Å². The molecule has 1 saturated heterocycles. The third kappa shape index (κ3) is 2.84. The molecule has 3 atom stereocenters. The lowest BCUT2D eigenvalue weighted by Gasteiger charge is -2.30. The van der Waals surface area contributed by atoms with Gasteiger partial charge in [-0.15, -0.1) is 0 Å². The van der Waals surface area contributed by atoms with E-state index in [0.29, 0.717) is 0 Å². The Labute approximate surface area is 95.7 Å². The predicted octanol–water partition coefficient (Wildman–Crippen LogP) is 2.33. The highest BCUT2D eigenvalue weighted by Crippen LogP contribution is 2.29. The molecular weight excluding hydrogens is 213 g/mol. The Morgan fingerprint density at radius 3 is 2.44 bits per heavy atom. The normalized spacial score (nSPS) is 30.6. The Balaban J connectivity index is 2.74. The van der Waals surface area contributed by atoms with E-state index < -0.39 is 24.1 Å². The molecule has 94 valence electrons. The first kappa shape index (κ1) is 13.2. The van der Waals surface area contributed by atoms with Gasteiger partial charge in [-0.1, -0.05) is 0 Å². The maximum absolute atomic E-state index is 13.5. The molecule has 1 aliphatic heterocycles. The molecule has 1 heterocycles. The molecule has 5 heteroatoms. The van der Waals surface area contributed by atoms with Crippen LogP contribution in [0.2, 0.25) is 0 Å². The molecular formula is C11H20FNO3. The van der Waals surface area contributed by atoms with Gasteiger partial charge in [0.2, 0.25) is 0 Å². The highest BCUT2D eigenvalue weighted by molar-refractivity contribution is 5.69.